The number of hydrogen-bond acceptors (Lipinski definition) is 2. The molecule has 1 heterocycles. The topological polar surface area (TPSA) is 46.3 Å². The van der Waals surface area contributed by atoms with E-state index in [4.69, 9.17) is 17.3 Å². The van der Waals surface area contributed by atoms with Crippen molar-refractivity contribution >= 4 is 28.9 Å². The minimum atomic E-state index is -0.680. The molecule has 2 aromatic rings. The van der Waals surface area contributed by atoms with E-state index in [0.717, 1.165) is 11.3 Å². The minimum absolute atomic E-state index is 0.0148. The second-order valence-electron chi connectivity index (χ2n) is 5.22. The number of fused-ring (bicyclic) bond motifs is 1. The van der Waals surface area contributed by atoms with Crippen LogP contribution in [0.1, 0.15) is 22.8 Å². The third-order valence-corrected chi connectivity index (χ3v) is 4.01. The Balaban J connectivity index is 2.05. The van der Waals surface area contributed by atoms with Crippen LogP contribution in [0.4, 0.5) is 15.8 Å². The number of amides is 1. The van der Waals surface area contributed by atoms with Gasteiger partial charge in [0, 0.05) is 17.4 Å². The second-order valence-corrected chi connectivity index (χ2v) is 5.63. The van der Waals surface area contributed by atoms with E-state index in [1.807, 2.05) is 13.0 Å². The van der Waals surface area contributed by atoms with Gasteiger partial charge in [0.2, 0.25) is 0 Å². The van der Waals surface area contributed by atoms with Crippen LogP contribution >= 0.6 is 11.6 Å². The lowest BCUT2D eigenvalue weighted by molar-refractivity contribution is 0.0977. The third-order valence-electron chi connectivity index (χ3n) is 3.72. The van der Waals surface area contributed by atoms with E-state index in [1.165, 1.54) is 12.1 Å². The van der Waals surface area contributed by atoms with E-state index in [-0.39, 0.29) is 22.5 Å². The van der Waals surface area contributed by atoms with Crippen LogP contribution in [0.5, 0.6) is 0 Å². The predicted molar refractivity (Wildman–Crippen MR) is 82.2 cm³/mol. The maximum atomic E-state index is 14.1. The molecule has 0 saturated carbocycles. The lowest BCUT2D eigenvalue weighted by atomic mass is 10.1. The molecule has 0 spiro atoms. The van der Waals surface area contributed by atoms with Gasteiger partial charge in [-0.1, -0.05) is 17.7 Å². The molecule has 108 valence electrons. The molecule has 0 radical (unpaired) electrons. The Hall–Kier alpha value is -2.07. The van der Waals surface area contributed by atoms with E-state index in [2.05, 4.69) is 0 Å². The monoisotopic (exact) mass is 304 g/mol. The molecule has 1 aliphatic heterocycles. The fraction of sp³-hybridized carbons (Fsp3) is 0.188. The van der Waals surface area contributed by atoms with Crippen LogP contribution in [0, 0.1) is 5.82 Å². The van der Waals surface area contributed by atoms with Crippen molar-refractivity contribution in [3.05, 3.63) is 58.4 Å². The fourth-order valence-corrected chi connectivity index (χ4v) is 2.93. The van der Waals surface area contributed by atoms with E-state index >= 15 is 0 Å². The van der Waals surface area contributed by atoms with Gasteiger partial charge < -0.3 is 10.6 Å². The van der Waals surface area contributed by atoms with Crippen molar-refractivity contribution in [1.29, 1.82) is 0 Å². The van der Waals surface area contributed by atoms with E-state index in [0.29, 0.717) is 12.1 Å². The van der Waals surface area contributed by atoms with Crippen molar-refractivity contribution in [3.8, 4) is 0 Å². The number of nitrogens with two attached hydrogens (primary N) is 1. The van der Waals surface area contributed by atoms with Gasteiger partial charge in [0.25, 0.3) is 5.91 Å². The molecule has 1 unspecified atom stereocenters. The molecule has 5 heteroatoms. The molecule has 3 nitrogen and oxygen atoms in total. The van der Waals surface area contributed by atoms with Crippen LogP contribution in [-0.4, -0.2) is 11.9 Å². The molecule has 0 aliphatic carbocycles. The summed E-state index contributed by atoms with van der Waals surface area (Å²) < 4.78 is 14.1. The Morgan fingerprint density at radius 3 is 2.90 bits per heavy atom. The highest BCUT2D eigenvalue weighted by Gasteiger charge is 2.33. The summed E-state index contributed by atoms with van der Waals surface area (Å²) in [6.45, 7) is 1.93. The summed E-state index contributed by atoms with van der Waals surface area (Å²) in [4.78, 5) is 14.3. The van der Waals surface area contributed by atoms with Gasteiger partial charge in [0.1, 0.15) is 0 Å². The Morgan fingerprint density at radius 2 is 2.14 bits per heavy atom. The highest BCUT2D eigenvalue weighted by molar-refractivity contribution is 6.31. The number of carbonyl (C=O) groups excluding carboxylic acids is 1. The molecule has 3 rings (SSSR count). The van der Waals surface area contributed by atoms with Gasteiger partial charge >= 0.3 is 0 Å². The molecule has 2 aromatic carbocycles. The molecule has 0 aromatic heterocycles. The first-order valence-electron chi connectivity index (χ1n) is 6.65. The maximum absolute atomic E-state index is 14.1. The number of carbonyl (C=O) groups is 1. The van der Waals surface area contributed by atoms with Crippen LogP contribution in [-0.2, 0) is 6.42 Å². The van der Waals surface area contributed by atoms with Gasteiger partial charge in [0.05, 0.1) is 10.6 Å². The molecule has 0 bridgehead atoms. The molecule has 2 N–H and O–H groups in total. The number of rotatable bonds is 1. The van der Waals surface area contributed by atoms with Gasteiger partial charge in [-0.25, -0.2) is 4.39 Å². The molecule has 0 saturated heterocycles. The average Bonchev–Trinajstić information content (AvgIpc) is 2.76. The minimum Gasteiger partial charge on any atom is -0.399 e. The first-order chi connectivity index (χ1) is 9.99. The van der Waals surface area contributed by atoms with Crippen molar-refractivity contribution < 1.29 is 9.18 Å². The maximum Gasteiger partial charge on any atom is 0.261 e. The predicted octanol–water partition coefficient (Wildman–Crippen LogP) is 3.65. The van der Waals surface area contributed by atoms with Gasteiger partial charge in [-0.15, -0.1) is 0 Å². The fourth-order valence-electron chi connectivity index (χ4n) is 2.76. The first kappa shape index (κ1) is 13.9. The molecule has 1 amide bonds. The second kappa shape index (κ2) is 5.04. The number of benzene rings is 2. The standard InChI is InChI=1S/C16H14ClFN2O/c1-9-7-10-8-11(19)5-6-14(10)20(9)16(21)12-3-2-4-13(17)15(12)18/h2-6,8-9H,7,19H2,1H3. The number of halogens is 2. The highest BCUT2D eigenvalue weighted by Crippen LogP contribution is 2.35. The Labute approximate surface area is 127 Å². The largest absolute Gasteiger partial charge is 0.399 e. The van der Waals surface area contributed by atoms with Crippen LogP contribution in [0.2, 0.25) is 5.02 Å². The van der Waals surface area contributed by atoms with Gasteiger partial charge in [0.15, 0.2) is 5.82 Å². The smallest absolute Gasteiger partial charge is 0.261 e. The summed E-state index contributed by atoms with van der Waals surface area (Å²) in [5.41, 5.74) is 8.19. The molecular weight excluding hydrogens is 291 g/mol. The lowest BCUT2D eigenvalue weighted by Crippen LogP contribution is -2.36. The highest BCUT2D eigenvalue weighted by atomic mass is 35.5. The van der Waals surface area contributed by atoms with E-state index in [1.54, 1.807) is 23.1 Å². The van der Waals surface area contributed by atoms with E-state index in [9.17, 15) is 9.18 Å². The van der Waals surface area contributed by atoms with Crippen LogP contribution < -0.4 is 10.6 Å². The van der Waals surface area contributed by atoms with Gasteiger partial charge in [-0.3, -0.25) is 4.79 Å². The molecule has 1 aliphatic rings. The van der Waals surface area contributed by atoms with Gasteiger partial charge in [-0.05, 0) is 49.2 Å². The summed E-state index contributed by atoms with van der Waals surface area (Å²) >= 11 is 5.76. The number of anilines is 2. The summed E-state index contributed by atoms with van der Waals surface area (Å²) in [6.07, 6.45) is 0.703. The molecular formula is C16H14ClFN2O. The Bertz CT molecular complexity index is 732. The summed E-state index contributed by atoms with van der Waals surface area (Å²) in [7, 11) is 0. The Kier molecular flexibility index (Phi) is 3.33. The van der Waals surface area contributed by atoms with Crippen molar-refractivity contribution in [2.75, 3.05) is 10.6 Å². The van der Waals surface area contributed by atoms with E-state index < -0.39 is 5.82 Å². The first-order valence-corrected chi connectivity index (χ1v) is 7.03. The zero-order valence-corrected chi connectivity index (χ0v) is 12.2. The normalized spacial score (nSPS) is 16.9. The molecule has 0 fully saturated rings. The van der Waals surface area contributed by atoms with Crippen molar-refractivity contribution in [3.63, 3.8) is 0 Å². The van der Waals surface area contributed by atoms with Crippen molar-refractivity contribution in [1.82, 2.24) is 0 Å². The summed E-state index contributed by atoms with van der Waals surface area (Å²) in [5, 5.41) is -0.0507. The quantitative estimate of drug-likeness (QED) is 0.817. The lowest BCUT2D eigenvalue weighted by Gasteiger charge is -2.23. The van der Waals surface area contributed by atoms with Crippen molar-refractivity contribution in [2.24, 2.45) is 0 Å². The number of nitrogens with zero attached hydrogens (tertiary/aromatic N) is 1. The van der Waals surface area contributed by atoms with Crippen LogP contribution in [0.3, 0.4) is 0 Å². The third kappa shape index (κ3) is 2.25. The SMILES string of the molecule is CC1Cc2cc(N)ccc2N1C(=O)c1cccc(Cl)c1F. The summed E-state index contributed by atoms with van der Waals surface area (Å²) in [5.74, 6) is -1.06. The summed E-state index contributed by atoms with van der Waals surface area (Å²) in [6, 6.07) is 9.80. The van der Waals surface area contributed by atoms with Crippen LogP contribution in [0.25, 0.3) is 0 Å². The zero-order chi connectivity index (χ0) is 15.1. The molecule has 1 atom stereocenters. The average molecular weight is 305 g/mol. The van der Waals surface area contributed by atoms with Gasteiger partial charge in [-0.2, -0.15) is 0 Å². The zero-order valence-electron chi connectivity index (χ0n) is 11.4. The Morgan fingerprint density at radius 1 is 1.38 bits per heavy atom. The number of nitrogen functional groups attached to an aromatic ring is 1. The molecule has 21 heavy (non-hydrogen) atoms. The van der Waals surface area contributed by atoms with Crippen molar-refractivity contribution in [2.45, 2.75) is 19.4 Å². The van der Waals surface area contributed by atoms with Crippen LogP contribution in [0.15, 0.2) is 36.4 Å². The number of hydrogen-bond donors (Lipinski definition) is 1.